The molecule has 0 fully saturated rings. The molecule has 0 spiro atoms. The van der Waals surface area contributed by atoms with E-state index in [2.05, 4.69) is 75.3 Å². The molecule has 0 radical (unpaired) electrons. The summed E-state index contributed by atoms with van der Waals surface area (Å²) >= 11 is 8.95. The Morgan fingerprint density at radius 1 is 1.33 bits per heavy atom. The number of aryl methyl sites for hydroxylation is 1. The van der Waals surface area contributed by atoms with Gasteiger partial charge in [0, 0.05) is 36.7 Å². The Bertz CT molecular complexity index is 636. The molecule has 21 heavy (non-hydrogen) atoms. The summed E-state index contributed by atoms with van der Waals surface area (Å²) in [6, 6.07) is 8.84. The first-order valence-electron chi connectivity index (χ1n) is 7.03. The molecule has 112 valence electrons. The molecule has 2 aromatic rings. The highest BCUT2D eigenvalue weighted by Gasteiger charge is 2.30. The first kappa shape index (κ1) is 15.5. The van der Waals surface area contributed by atoms with E-state index in [1.54, 1.807) is 0 Å². The molecule has 1 aromatic heterocycles. The van der Waals surface area contributed by atoms with Gasteiger partial charge in [0.05, 0.1) is 0 Å². The van der Waals surface area contributed by atoms with Crippen molar-refractivity contribution >= 4 is 43.2 Å². The van der Waals surface area contributed by atoms with Crippen LogP contribution in [0.25, 0.3) is 0 Å². The van der Waals surface area contributed by atoms with Crippen molar-refractivity contribution in [2.75, 3.05) is 6.54 Å². The quantitative estimate of drug-likeness (QED) is 0.668. The average molecular weight is 431 g/mol. The number of ether oxygens (including phenoxy) is 1. The maximum Gasteiger partial charge on any atom is 0.135 e. The third-order valence-electron chi connectivity index (χ3n) is 3.71. The summed E-state index contributed by atoms with van der Waals surface area (Å²) < 4.78 is 8.49. The summed E-state index contributed by atoms with van der Waals surface area (Å²) in [5.74, 6) is 0.980. The molecule has 5 heteroatoms. The third kappa shape index (κ3) is 3.21. The van der Waals surface area contributed by atoms with Crippen molar-refractivity contribution in [2.45, 2.75) is 32.4 Å². The van der Waals surface area contributed by atoms with Crippen LogP contribution in [0.2, 0.25) is 0 Å². The van der Waals surface area contributed by atoms with E-state index >= 15 is 0 Å². The second-order valence-electron chi connectivity index (χ2n) is 5.19. The number of rotatable bonds is 3. The summed E-state index contributed by atoms with van der Waals surface area (Å²) in [5.41, 5.74) is 1.25. The van der Waals surface area contributed by atoms with Gasteiger partial charge in [0.2, 0.25) is 0 Å². The van der Waals surface area contributed by atoms with Crippen LogP contribution in [-0.4, -0.2) is 6.54 Å². The topological polar surface area (TPSA) is 21.3 Å². The zero-order valence-electron chi connectivity index (χ0n) is 12.0. The summed E-state index contributed by atoms with van der Waals surface area (Å²) in [5, 5.41) is 3.58. The molecule has 0 bridgehead atoms. The lowest BCUT2D eigenvalue weighted by Gasteiger charge is -2.32. The fraction of sp³-hybridized carbons (Fsp3) is 0.375. The van der Waals surface area contributed by atoms with Crippen LogP contribution in [0.1, 0.15) is 40.8 Å². The Morgan fingerprint density at radius 2 is 2.14 bits per heavy atom. The molecular weight excluding hydrogens is 414 g/mol. The molecule has 2 unspecified atom stereocenters. The van der Waals surface area contributed by atoms with E-state index in [1.807, 2.05) is 11.3 Å². The molecule has 1 N–H and O–H groups in total. The van der Waals surface area contributed by atoms with Crippen molar-refractivity contribution < 1.29 is 4.74 Å². The van der Waals surface area contributed by atoms with Gasteiger partial charge in [-0.2, -0.15) is 0 Å². The van der Waals surface area contributed by atoms with Crippen LogP contribution in [0.3, 0.4) is 0 Å². The van der Waals surface area contributed by atoms with Crippen LogP contribution in [0.15, 0.2) is 33.2 Å². The van der Waals surface area contributed by atoms with Gasteiger partial charge in [-0.1, -0.05) is 28.9 Å². The van der Waals surface area contributed by atoms with E-state index in [4.69, 9.17) is 4.74 Å². The smallest absolute Gasteiger partial charge is 0.135 e. The van der Waals surface area contributed by atoms with Gasteiger partial charge in [0.15, 0.2) is 0 Å². The fourth-order valence-corrected chi connectivity index (χ4v) is 4.64. The lowest BCUT2D eigenvalue weighted by atomic mass is 9.96. The Kier molecular flexibility index (Phi) is 4.74. The van der Waals surface area contributed by atoms with Crippen molar-refractivity contribution in [1.29, 1.82) is 0 Å². The van der Waals surface area contributed by atoms with E-state index in [-0.39, 0.29) is 6.10 Å². The molecule has 3 rings (SSSR count). The molecule has 2 atom stereocenters. The van der Waals surface area contributed by atoms with Gasteiger partial charge < -0.3 is 10.1 Å². The van der Waals surface area contributed by atoms with Crippen LogP contribution in [0.4, 0.5) is 0 Å². The van der Waals surface area contributed by atoms with Crippen LogP contribution in [0, 0.1) is 6.92 Å². The van der Waals surface area contributed by atoms with Crippen LogP contribution in [0.5, 0.6) is 5.75 Å². The number of nitrogens with one attached hydrogen (secondary N) is 1. The first-order chi connectivity index (χ1) is 10.1. The average Bonchev–Trinajstić information content (AvgIpc) is 2.78. The molecule has 1 aliphatic rings. The highest BCUT2D eigenvalue weighted by atomic mass is 79.9. The van der Waals surface area contributed by atoms with Crippen molar-refractivity contribution in [3.8, 4) is 5.75 Å². The Hall–Kier alpha value is -0.360. The largest absolute Gasteiger partial charge is 0.484 e. The third-order valence-corrected chi connectivity index (χ3v) is 6.44. The molecule has 1 aliphatic heterocycles. The standard InChI is InChI=1S/C16H17Br2NOS/c1-3-19-13-8-15(16-7-12(18)9(2)21-16)20-14-6-10(17)4-5-11(13)14/h4-7,13,15,19H,3,8H2,1-2H3. The van der Waals surface area contributed by atoms with Crippen LogP contribution < -0.4 is 10.1 Å². The highest BCUT2D eigenvalue weighted by molar-refractivity contribution is 9.10. The number of hydrogen-bond donors (Lipinski definition) is 1. The monoisotopic (exact) mass is 429 g/mol. The molecule has 2 heterocycles. The molecular formula is C16H17Br2NOS. The fourth-order valence-electron chi connectivity index (χ4n) is 2.69. The predicted molar refractivity (Wildman–Crippen MR) is 95.3 cm³/mol. The second kappa shape index (κ2) is 6.41. The predicted octanol–water partition coefficient (Wildman–Crippen LogP) is 5.76. The Labute approximate surface area is 146 Å². The molecule has 0 aliphatic carbocycles. The lowest BCUT2D eigenvalue weighted by Crippen LogP contribution is -2.28. The first-order valence-corrected chi connectivity index (χ1v) is 9.44. The number of thiophene rings is 1. The number of benzene rings is 1. The number of halogens is 2. The van der Waals surface area contributed by atoms with Crippen molar-refractivity contribution in [3.05, 3.63) is 48.5 Å². The Balaban J connectivity index is 1.96. The van der Waals surface area contributed by atoms with E-state index in [0.717, 1.165) is 23.2 Å². The SMILES string of the molecule is CCNC1CC(c2cc(Br)c(C)s2)Oc2cc(Br)ccc21. The van der Waals surface area contributed by atoms with Gasteiger partial charge in [-0.15, -0.1) is 11.3 Å². The van der Waals surface area contributed by atoms with Gasteiger partial charge >= 0.3 is 0 Å². The summed E-state index contributed by atoms with van der Waals surface area (Å²) in [6.45, 7) is 5.24. The molecule has 0 amide bonds. The van der Waals surface area contributed by atoms with E-state index < -0.39 is 0 Å². The van der Waals surface area contributed by atoms with Gasteiger partial charge in [-0.05, 0) is 47.6 Å². The van der Waals surface area contributed by atoms with E-state index in [9.17, 15) is 0 Å². The summed E-state index contributed by atoms with van der Waals surface area (Å²) in [6.07, 6.45) is 1.08. The van der Waals surface area contributed by atoms with Gasteiger partial charge in [-0.3, -0.25) is 0 Å². The molecule has 2 nitrogen and oxygen atoms in total. The van der Waals surface area contributed by atoms with Crippen LogP contribution in [-0.2, 0) is 0 Å². The van der Waals surface area contributed by atoms with Crippen molar-refractivity contribution in [1.82, 2.24) is 5.32 Å². The maximum atomic E-state index is 6.26. The molecule has 1 aromatic carbocycles. The molecule has 0 saturated heterocycles. The zero-order chi connectivity index (χ0) is 15.0. The Morgan fingerprint density at radius 3 is 2.81 bits per heavy atom. The summed E-state index contributed by atoms with van der Waals surface area (Å²) in [4.78, 5) is 2.58. The molecule has 0 saturated carbocycles. The second-order valence-corrected chi connectivity index (χ2v) is 8.25. The number of hydrogen-bond acceptors (Lipinski definition) is 3. The van der Waals surface area contributed by atoms with Crippen molar-refractivity contribution in [2.24, 2.45) is 0 Å². The van der Waals surface area contributed by atoms with Crippen LogP contribution >= 0.6 is 43.2 Å². The minimum atomic E-state index is 0.117. The van der Waals surface area contributed by atoms with Gasteiger partial charge in [0.1, 0.15) is 11.9 Å². The minimum Gasteiger partial charge on any atom is -0.484 e. The summed E-state index contributed by atoms with van der Waals surface area (Å²) in [7, 11) is 0. The van der Waals surface area contributed by atoms with Gasteiger partial charge in [0.25, 0.3) is 0 Å². The van der Waals surface area contributed by atoms with E-state index in [1.165, 1.54) is 19.8 Å². The normalized spacial score (nSPS) is 21.0. The van der Waals surface area contributed by atoms with Crippen molar-refractivity contribution in [3.63, 3.8) is 0 Å². The maximum absolute atomic E-state index is 6.26. The van der Waals surface area contributed by atoms with Gasteiger partial charge in [-0.25, -0.2) is 0 Å². The van der Waals surface area contributed by atoms with E-state index in [0.29, 0.717) is 6.04 Å². The number of fused-ring (bicyclic) bond motifs is 1. The highest BCUT2D eigenvalue weighted by Crippen LogP contribution is 2.44. The zero-order valence-corrected chi connectivity index (χ0v) is 15.9. The minimum absolute atomic E-state index is 0.117. The lowest BCUT2D eigenvalue weighted by molar-refractivity contribution is 0.155.